The number of fused-ring (bicyclic) bond motifs is 3. The zero-order valence-corrected chi connectivity index (χ0v) is 19.6. The average Bonchev–Trinajstić information content (AvgIpc) is 3.31. The SMILES string of the molecule is COC(=O)c1nc2n(n1)[C@@H](c1ccc(C)cc1)C1=C(N2)c2ccccc2O[C@H]1c1ccc(C)cc1. The molecule has 0 saturated heterocycles. The molecular formula is C28H24N4O3. The molecule has 2 atom stereocenters. The van der Waals surface area contributed by atoms with Gasteiger partial charge < -0.3 is 14.8 Å². The summed E-state index contributed by atoms with van der Waals surface area (Å²) in [5, 5.41) is 8.03. The maximum atomic E-state index is 12.3. The summed E-state index contributed by atoms with van der Waals surface area (Å²) in [6, 6.07) is 24.3. The van der Waals surface area contributed by atoms with Crippen LogP contribution in [0.1, 0.15) is 50.6 Å². The third-order valence-corrected chi connectivity index (χ3v) is 6.52. The Morgan fingerprint density at radius 2 is 1.60 bits per heavy atom. The molecule has 35 heavy (non-hydrogen) atoms. The number of hydrogen-bond donors (Lipinski definition) is 1. The van der Waals surface area contributed by atoms with Crippen molar-refractivity contribution >= 4 is 17.6 Å². The van der Waals surface area contributed by atoms with Gasteiger partial charge in [0.2, 0.25) is 5.95 Å². The Morgan fingerprint density at radius 1 is 0.943 bits per heavy atom. The Balaban J connectivity index is 1.62. The van der Waals surface area contributed by atoms with Crippen molar-refractivity contribution in [1.29, 1.82) is 0 Å². The topological polar surface area (TPSA) is 78.3 Å². The van der Waals surface area contributed by atoms with Crippen LogP contribution in [-0.4, -0.2) is 27.8 Å². The number of esters is 1. The predicted molar refractivity (Wildman–Crippen MR) is 132 cm³/mol. The fourth-order valence-electron chi connectivity index (χ4n) is 4.74. The van der Waals surface area contributed by atoms with E-state index >= 15 is 0 Å². The third kappa shape index (κ3) is 3.47. The van der Waals surface area contributed by atoms with Crippen LogP contribution in [0, 0.1) is 13.8 Å². The van der Waals surface area contributed by atoms with Crippen LogP contribution in [0.5, 0.6) is 5.75 Å². The molecule has 0 aliphatic carbocycles. The smallest absolute Gasteiger partial charge is 0.378 e. The second kappa shape index (κ2) is 8.13. The largest absolute Gasteiger partial charge is 0.480 e. The number of nitrogens with zero attached hydrogens (tertiary/aromatic N) is 3. The molecule has 3 aromatic carbocycles. The predicted octanol–water partition coefficient (Wildman–Crippen LogP) is 5.24. The van der Waals surface area contributed by atoms with Crippen LogP contribution in [0.3, 0.4) is 0 Å². The first-order chi connectivity index (χ1) is 17.0. The number of methoxy groups -OCH3 is 1. The van der Waals surface area contributed by atoms with E-state index in [-0.39, 0.29) is 18.0 Å². The van der Waals surface area contributed by atoms with E-state index in [1.165, 1.54) is 12.7 Å². The molecule has 174 valence electrons. The summed E-state index contributed by atoms with van der Waals surface area (Å²) >= 11 is 0. The van der Waals surface area contributed by atoms with Crippen molar-refractivity contribution in [3.05, 3.63) is 112 Å². The first kappa shape index (κ1) is 21.2. The van der Waals surface area contributed by atoms with Gasteiger partial charge >= 0.3 is 5.97 Å². The number of carbonyl (C=O) groups is 1. The molecule has 0 bridgehead atoms. The monoisotopic (exact) mass is 464 g/mol. The summed E-state index contributed by atoms with van der Waals surface area (Å²) in [7, 11) is 1.33. The Morgan fingerprint density at radius 3 is 2.29 bits per heavy atom. The molecule has 6 rings (SSSR count). The number of para-hydroxylation sites is 1. The molecule has 3 heterocycles. The number of hydrogen-bond acceptors (Lipinski definition) is 6. The molecule has 7 heteroatoms. The van der Waals surface area contributed by atoms with Gasteiger partial charge in [0.05, 0.1) is 12.8 Å². The minimum absolute atomic E-state index is 0.00745. The Labute approximate surface area is 203 Å². The molecule has 0 unspecified atom stereocenters. The summed E-state index contributed by atoms with van der Waals surface area (Å²) in [6.45, 7) is 4.13. The molecule has 7 nitrogen and oxygen atoms in total. The van der Waals surface area contributed by atoms with Crippen LogP contribution >= 0.6 is 0 Å². The summed E-state index contributed by atoms with van der Waals surface area (Å²) < 4.78 is 13.3. The average molecular weight is 465 g/mol. The molecule has 2 aliphatic rings. The highest BCUT2D eigenvalue weighted by Gasteiger charge is 2.41. The Bertz CT molecular complexity index is 1470. The maximum absolute atomic E-state index is 12.3. The summed E-state index contributed by atoms with van der Waals surface area (Å²) in [6.07, 6.45) is -0.363. The van der Waals surface area contributed by atoms with Crippen LogP contribution in [-0.2, 0) is 4.74 Å². The highest BCUT2D eigenvalue weighted by Crippen LogP contribution is 2.50. The first-order valence-corrected chi connectivity index (χ1v) is 11.5. The maximum Gasteiger partial charge on any atom is 0.378 e. The lowest BCUT2D eigenvalue weighted by Gasteiger charge is -2.39. The highest BCUT2D eigenvalue weighted by molar-refractivity contribution is 5.88. The number of aromatic nitrogens is 3. The van der Waals surface area contributed by atoms with Gasteiger partial charge in [0, 0.05) is 11.1 Å². The van der Waals surface area contributed by atoms with Crippen molar-refractivity contribution in [1.82, 2.24) is 14.8 Å². The lowest BCUT2D eigenvalue weighted by molar-refractivity contribution is 0.0586. The van der Waals surface area contributed by atoms with Gasteiger partial charge in [0.25, 0.3) is 5.82 Å². The van der Waals surface area contributed by atoms with Gasteiger partial charge in [0.1, 0.15) is 17.9 Å². The van der Waals surface area contributed by atoms with Gasteiger partial charge in [-0.15, -0.1) is 5.10 Å². The van der Waals surface area contributed by atoms with Crippen LogP contribution in [0.2, 0.25) is 0 Å². The number of ether oxygens (including phenoxy) is 2. The number of aryl methyl sites for hydroxylation is 2. The number of nitrogens with one attached hydrogen (secondary N) is 1. The fourth-order valence-corrected chi connectivity index (χ4v) is 4.74. The molecule has 0 radical (unpaired) electrons. The van der Waals surface area contributed by atoms with Crippen molar-refractivity contribution in [3.8, 4) is 5.75 Å². The van der Waals surface area contributed by atoms with E-state index in [2.05, 4.69) is 77.8 Å². The van der Waals surface area contributed by atoms with Crippen LogP contribution in [0.25, 0.3) is 5.70 Å². The summed E-state index contributed by atoms with van der Waals surface area (Å²) in [5.74, 6) is 0.691. The van der Waals surface area contributed by atoms with Gasteiger partial charge in [-0.25, -0.2) is 9.48 Å². The van der Waals surface area contributed by atoms with E-state index < -0.39 is 5.97 Å². The Kier molecular flexibility index (Phi) is 4.91. The quantitative estimate of drug-likeness (QED) is 0.418. The van der Waals surface area contributed by atoms with E-state index in [4.69, 9.17) is 9.47 Å². The lowest BCUT2D eigenvalue weighted by atomic mass is 9.84. The second-order valence-electron chi connectivity index (χ2n) is 8.87. The third-order valence-electron chi connectivity index (χ3n) is 6.52. The molecule has 0 saturated carbocycles. The zero-order valence-electron chi connectivity index (χ0n) is 19.6. The molecule has 2 aliphatic heterocycles. The summed E-state index contributed by atoms with van der Waals surface area (Å²) in [5.41, 5.74) is 7.26. The number of rotatable bonds is 3. The molecule has 0 spiro atoms. The normalized spacial score (nSPS) is 18.0. The molecule has 1 aromatic heterocycles. The fraction of sp³-hybridized carbons (Fsp3) is 0.179. The van der Waals surface area contributed by atoms with Crippen LogP contribution < -0.4 is 10.1 Å². The van der Waals surface area contributed by atoms with Crippen molar-refractivity contribution in [3.63, 3.8) is 0 Å². The summed E-state index contributed by atoms with van der Waals surface area (Å²) in [4.78, 5) is 16.8. The molecule has 4 aromatic rings. The van der Waals surface area contributed by atoms with Gasteiger partial charge in [-0.1, -0.05) is 71.8 Å². The van der Waals surface area contributed by atoms with Crippen molar-refractivity contribution in [2.45, 2.75) is 26.0 Å². The molecule has 0 amide bonds. The van der Waals surface area contributed by atoms with E-state index in [1.54, 1.807) is 4.68 Å². The molecular weight excluding hydrogens is 440 g/mol. The van der Waals surface area contributed by atoms with E-state index in [9.17, 15) is 4.79 Å². The first-order valence-electron chi connectivity index (χ1n) is 11.5. The molecule has 0 fully saturated rings. The lowest BCUT2D eigenvalue weighted by Crippen LogP contribution is -2.32. The van der Waals surface area contributed by atoms with Crippen LogP contribution in [0.15, 0.2) is 78.4 Å². The standard InChI is InChI=1S/C28H24N4O3/c1-16-8-12-18(13-9-16)24-22-23(29-28-30-26(27(33)34-3)31-32(24)28)20-6-4-5-7-21(20)35-25(22)19-14-10-17(2)11-15-19/h4-15,24-25H,1-3H3,(H,29,30,31)/t24-,25-/m0/s1. The number of anilines is 1. The number of benzene rings is 3. The zero-order chi connectivity index (χ0) is 24.1. The van der Waals surface area contributed by atoms with Gasteiger partial charge in [-0.05, 0) is 37.1 Å². The van der Waals surface area contributed by atoms with Gasteiger partial charge in [0.15, 0.2) is 0 Å². The molecule has 1 N–H and O–H groups in total. The second-order valence-corrected chi connectivity index (χ2v) is 8.87. The van der Waals surface area contributed by atoms with Crippen molar-refractivity contribution in [2.24, 2.45) is 0 Å². The minimum Gasteiger partial charge on any atom is -0.480 e. The van der Waals surface area contributed by atoms with E-state index in [0.29, 0.717) is 5.95 Å². The van der Waals surface area contributed by atoms with Crippen LogP contribution in [0.4, 0.5) is 5.95 Å². The highest BCUT2D eigenvalue weighted by atomic mass is 16.5. The number of carbonyl (C=O) groups excluding carboxylic acids is 1. The van der Waals surface area contributed by atoms with Crippen molar-refractivity contribution in [2.75, 3.05) is 12.4 Å². The van der Waals surface area contributed by atoms with Gasteiger partial charge in [-0.3, -0.25) is 0 Å². The van der Waals surface area contributed by atoms with Gasteiger partial charge in [-0.2, -0.15) is 4.98 Å². The van der Waals surface area contributed by atoms with E-state index in [1.807, 2.05) is 24.3 Å². The van der Waals surface area contributed by atoms with Crippen molar-refractivity contribution < 1.29 is 14.3 Å². The minimum atomic E-state index is -0.582. The Hall–Kier alpha value is -4.39. The van der Waals surface area contributed by atoms with E-state index in [0.717, 1.165) is 39.3 Å².